The molecule has 2 fully saturated rings. The van der Waals surface area contributed by atoms with Gasteiger partial charge < -0.3 is 15.1 Å². The summed E-state index contributed by atoms with van der Waals surface area (Å²) in [5.41, 5.74) is 0. The Bertz CT molecular complexity index is 296. The molecule has 1 saturated heterocycles. The molecule has 90 valence electrons. The van der Waals surface area contributed by atoms with Gasteiger partial charge in [0.15, 0.2) is 0 Å². The van der Waals surface area contributed by atoms with Gasteiger partial charge in [0.1, 0.15) is 0 Å². The van der Waals surface area contributed by atoms with Crippen molar-refractivity contribution in [3.63, 3.8) is 0 Å². The quantitative estimate of drug-likeness (QED) is 0.707. The lowest BCUT2D eigenvalue weighted by molar-refractivity contribution is -0.143. The molecule has 5 heteroatoms. The lowest BCUT2D eigenvalue weighted by Crippen LogP contribution is -2.40. The summed E-state index contributed by atoms with van der Waals surface area (Å²) in [7, 11) is 0. The number of aliphatic carboxylic acids is 1. The van der Waals surface area contributed by atoms with Crippen LogP contribution >= 0.6 is 0 Å². The molecule has 16 heavy (non-hydrogen) atoms. The Morgan fingerprint density at radius 3 is 2.31 bits per heavy atom. The average Bonchev–Trinajstić information content (AvgIpc) is 2.58. The molecule has 2 rings (SSSR count). The van der Waals surface area contributed by atoms with E-state index >= 15 is 0 Å². The van der Waals surface area contributed by atoms with E-state index in [1.165, 1.54) is 0 Å². The maximum Gasteiger partial charge on any atom is 0.306 e. The van der Waals surface area contributed by atoms with Gasteiger partial charge in [0.05, 0.1) is 18.4 Å². The molecule has 0 spiro atoms. The van der Waals surface area contributed by atoms with Crippen LogP contribution in [0.15, 0.2) is 0 Å². The van der Waals surface area contributed by atoms with Crippen LogP contribution in [0.25, 0.3) is 0 Å². The first kappa shape index (κ1) is 11.4. The summed E-state index contributed by atoms with van der Waals surface area (Å²) in [4.78, 5) is 24.1. The van der Waals surface area contributed by atoms with E-state index in [0.717, 1.165) is 12.8 Å². The summed E-state index contributed by atoms with van der Waals surface area (Å²) >= 11 is 0. The fourth-order valence-electron chi connectivity index (χ4n) is 2.70. The fraction of sp³-hybridized carbons (Fsp3) is 0.818. The molecule has 2 N–H and O–H groups in total. The molecular weight excluding hydrogens is 210 g/mol. The predicted molar refractivity (Wildman–Crippen MR) is 55.7 cm³/mol. The van der Waals surface area contributed by atoms with Gasteiger partial charge in [-0.25, -0.2) is 0 Å². The minimum Gasteiger partial charge on any atom is -0.481 e. The van der Waals surface area contributed by atoms with Crippen LogP contribution in [0.3, 0.4) is 0 Å². The zero-order valence-corrected chi connectivity index (χ0v) is 9.13. The Balaban J connectivity index is 1.89. The Labute approximate surface area is 94.0 Å². The van der Waals surface area contributed by atoms with Crippen molar-refractivity contribution < 1.29 is 19.8 Å². The Hall–Kier alpha value is -1.10. The first-order chi connectivity index (χ1) is 7.58. The Morgan fingerprint density at radius 2 is 1.88 bits per heavy atom. The van der Waals surface area contributed by atoms with E-state index in [2.05, 4.69) is 0 Å². The summed E-state index contributed by atoms with van der Waals surface area (Å²) in [5.74, 6) is -0.976. The van der Waals surface area contributed by atoms with E-state index in [1.54, 1.807) is 4.90 Å². The lowest BCUT2D eigenvalue weighted by atomic mass is 9.85. The number of carbonyl (C=O) groups is 2. The van der Waals surface area contributed by atoms with Crippen molar-refractivity contribution in [2.45, 2.75) is 44.2 Å². The molecule has 1 heterocycles. The van der Waals surface area contributed by atoms with Gasteiger partial charge in [0.25, 0.3) is 0 Å². The zero-order valence-electron chi connectivity index (χ0n) is 9.13. The number of carbonyl (C=O) groups excluding carboxylic acids is 1. The second-order valence-electron chi connectivity index (χ2n) is 4.75. The number of carboxylic acids is 1. The van der Waals surface area contributed by atoms with E-state index in [-0.39, 0.29) is 24.3 Å². The first-order valence-corrected chi connectivity index (χ1v) is 5.78. The van der Waals surface area contributed by atoms with Crippen LogP contribution in [0.4, 0.5) is 0 Å². The smallest absolute Gasteiger partial charge is 0.306 e. The molecule has 1 aliphatic carbocycles. The normalized spacial score (nSPS) is 35.4. The number of hydrogen-bond donors (Lipinski definition) is 2. The van der Waals surface area contributed by atoms with Crippen LogP contribution in [0.5, 0.6) is 0 Å². The number of likely N-dealkylation sites (tertiary alicyclic amines) is 1. The van der Waals surface area contributed by atoms with Gasteiger partial charge in [0, 0.05) is 12.6 Å². The standard InChI is InChI=1S/C11H17NO4/c13-9-5-10(14)12(6-9)8-3-1-7(2-4-8)11(15)16/h7-9,13H,1-6H2,(H,15,16). The van der Waals surface area contributed by atoms with Crippen LogP contribution in [0.2, 0.25) is 0 Å². The lowest BCUT2D eigenvalue weighted by Gasteiger charge is -2.33. The molecule has 0 radical (unpaired) electrons. The summed E-state index contributed by atoms with van der Waals surface area (Å²) in [6.07, 6.45) is 2.45. The van der Waals surface area contributed by atoms with Crippen molar-refractivity contribution in [3.8, 4) is 0 Å². The largest absolute Gasteiger partial charge is 0.481 e. The molecule has 1 amide bonds. The van der Waals surface area contributed by atoms with E-state index < -0.39 is 12.1 Å². The fourth-order valence-corrected chi connectivity index (χ4v) is 2.70. The number of rotatable bonds is 2. The van der Waals surface area contributed by atoms with Gasteiger partial charge in [0.2, 0.25) is 5.91 Å². The van der Waals surface area contributed by atoms with Gasteiger partial charge in [-0.15, -0.1) is 0 Å². The number of amides is 1. The molecule has 1 unspecified atom stereocenters. The van der Waals surface area contributed by atoms with Crippen molar-refractivity contribution in [2.75, 3.05) is 6.54 Å². The van der Waals surface area contributed by atoms with Crippen LogP contribution in [-0.4, -0.2) is 45.7 Å². The third kappa shape index (κ3) is 2.19. The second kappa shape index (κ2) is 4.41. The van der Waals surface area contributed by atoms with E-state index in [9.17, 15) is 14.7 Å². The highest BCUT2D eigenvalue weighted by Gasteiger charge is 2.36. The number of aliphatic hydroxyl groups excluding tert-OH is 1. The molecule has 0 aromatic heterocycles. The number of β-amino-alcohol motifs (C(OH)–C–C–N with tert-alkyl or cyclic N) is 1. The van der Waals surface area contributed by atoms with Crippen LogP contribution < -0.4 is 0 Å². The minimum absolute atomic E-state index is 0.00581. The van der Waals surface area contributed by atoms with Gasteiger partial charge >= 0.3 is 5.97 Å². The van der Waals surface area contributed by atoms with Crippen LogP contribution in [0.1, 0.15) is 32.1 Å². The van der Waals surface area contributed by atoms with Gasteiger partial charge in [-0.1, -0.05) is 0 Å². The number of hydrogen-bond acceptors (Lipinski definition) is 3. The van der Waals surface area contributed by atoms with Crippen molar-refractivity contribution in [3.05, 3.63) is 0 Å². The Morgan fingerprint density at radius 1 is 1.25 bits per heavy atom. The maximum atomic E-state index is 11.5. The SMILES string of the molecule is O=C(O)C1CCC(N2CC(O)CC2=O)CC1. The minimum atomic E-state index is -0.730. The number of nitrogens with zero attached hydrogens (tertiary/aromatic N) is 1. The molecule has 0 aromatic carbocycles. The topological polar surface area (TPSA) is 77.8 Å². The Kier molecular flexibility index (Phi) is 3.14. The molecule has 5 nitrogen and oxygen atoms in total. The average molecular weight is 227 g/mol. The second-order valence-corrected chi connectivity index (χ2v) is 4.75. The van der Waals surface area contributed by atoms with E-state index in [4.69, 9.17) is 5.11 Å². The molecule has 0 aromatic rings. The highest BCUT2D eigenvalue weighted by Crippen LogP contribution is 2.30. The first-order valence-electron chi connectivity index (χ1n) is 5.78. The van der Waals surface area contributed by atoms with Crippen LogP contribution in [-0.2, 0) is 9.59 Å². The summed E-state index contributed by atoms with van der Waals surface area (Å²) in [5, 5.41) is 18.2. The highest BCUT2D eigenvalue weighted by atomic mass is 16.4. The molecule has 1 aliphatic heterocycles. The molecule has 0 bridgehead atoms. The van der Waals surface area contributed by atoms with Gasteiger partial charge in [-0.3, -0.25) is 9.59 Å². The van der Waals surface area contributed by atoms with Crippen LogP contribution in [0, 0.1) is 5.92 Å². The third-order valence-corrected chi connectivity index (χ3v) is 3.62. The number of carboxylic acid groups (broad SMARTS) is 1. The van der Waals surface area contributed by atoms with E-state index in [1.807, 2.05) is 0 Å². The van der Waals surface area contributed by atoms with Crippen molar-refractivity contribution in [1.29, 1.82) is 0 Å². The monoisotopic (exact) mass is 227 g/mol. The number of aliphatic hydroxyl groups is 1. The van der Waals surface area contributed by atoms with Gasteiger partial charge in [-0.2, -0.15) is 0 Å². The summed E-state index contributed by atoms with van der Waals surface area (Å²) in [6.45, 7) is 0.418. The summed E-state index contributed by atoms with van der Waals surface area (Å²) in [6, 6.07) is 0.139. The van der Waals surface area contributed by atoms with Crippen molar-refractivity contribution in [2.24, 2.45) is 5.92 Å². The van der Waals surface area contributed by atoms with Crippen molar-refractivity contribution >= 4 is 11.9 Å². The third-order valence-electron chi connectivity index (χ3n) is 3.62. The molecule has 1 saturated carbocycles. The predicted octanol–water partition coefficient (Wildman–Crippen LogP) is 0.223. The molecular formula is C11H17NO4. The summed E-state index contributed by atoms with van der Waals surface area (Å²) < 4.78 is 0. The highest BCUT2D eigenvalue weighted by molar-refractivity contribution is 5.79. The van der Waals surface area contributed by atoms with Gasteiger partial charge in [-0.05, 0) is 25.7 Å². The molecule has 2 aliphatic rings. The molecule has 1 atom stereocenters. The van der Waals surface area contributed by atoms with E-state index in [0.29, 0.717) is 19.4 Å². The maximum absolute atomic E-state index is 11.5. The van der Waals surface area contributed by atoms with Crippen molar-refractivity contribution in [1.82, 2.24) is 4.90 Å². The zero-order chi connectivity index (χ0) is 11.7.